The maximum absolute atomic E-state index is 12.4. The summed E-state index contributed by atoms with van der Waals surface area (Å²) in [5, 5.41) is 7.15. The Hall–Kier alpha value is -1.99. The molecule has 0 radical (unpaired) electrons. The van der Waals surface area contributed by atoms with E-state index < -0.39 is 0 Å². The Labute approximate surface area is 158 Å². The summed E-state index contributed by atoms with van der Waals surface area (Å²) in [7, 11) is 0. The van der Waals surface area contributed by atoms with Gasteiger partial charge in [0.05, 0.1) is 11.4 Å². The number of rotatable bonds is 4. The molecule has 0 bridgehead atoms. The Bertz CT molecular complexity index is 877. The highest BCUT2D eigenvalue weighted by atomic mass is 79.9. The Morgan fingerprint density at radius 2 is 2.04 bits per heavy atom. The summed E-state index contributed by atoms with van der Waals surface area (Å²) in [5.41, 5.74) is 2.45. The molecule has 0 unspecified atom stereocenters. The lowest BCUT2D eigenvalue weighted by Crippen LogP contribution is -2.12. The minimum Gasteiger partial charge on any atom is -0.288 e. The van der Waals surface area contributed by atoms with E-state index >= 15 is 0 Å². The number of hydrogen-bond donors (Lipinski definition) is 1. The molecule has 1 aromatic carbocycles. The fourth-order valence-corrected chi connectivity index (χ4v) is 4.38. The summed E-state index contributed by atoms with van der Waals surface area (Å²) in [6.45, 7) is 0.615. The van der Waals surface area contributed by atoms with Crippen molar-refractivity contribution in [3.05, 3.63) is 62.0 Å². The minimum absolute atomic E-state index is 0.124. The normalized spacial score (nSPS) is 13.5. The molecule has 0 fully saturated rings. The second kappa shape index (κ2) is 7.09. The van der Waals surface area contributed by atoms with Crippen molar-refractivity contribution in [2.24, 2.45) is 0 Å². The molecule has 0 atom stereocenters. The third-order valence-corrected chi connectivity index (χ3v) is 6.00. The number of aromatic nitrogens is 3. The summed E-state index contributed by atoms with van der Waals surface area (Å²) >= 11 is 5.02. The summed E-state index contributed by atoms with van der Waals surface area (Å²) in [4.78, 5) is 18.7. The van der Waals surface area contributed by atoms with E-state index in [4.69, 9.17) is 0 Å². The molecule has 1 N–H and O–H groups in total. The fourth-order valence-electron chi connectivity index (χ4n) is 2.97. The van der Waals surface area contributed by atoms with Crippen molar-refractivity contribution in [2.45, 2.75) is 32.2 Å². The quantitative estimate of drug-likeness (QED) is 0.690. The van der Waals surface area contributed by atoms with Gasteiger partial charge in [0, 0.05) is 9.35 Å². The molecule has 4 rings (SSSR count). The van der Waals surface area contributed by atoms with Crippen LogP contribution in [0.3, 0.4) is 0 Å². The first-order valence-corrected chi connectivity index (χ1v) is 9.85. The molecule has 7 heteroatoms. The predicted octanol–water partition coefficient (Wildman–Crippen LogP) is 4.28. The number of fused-ring (bicyclic) bond motifs is 1. The average molecular weight is 417 g/mol. The highest BCUT2D eigenvalue weighted by molar-refractivity contribution is 9.10. The lowest BCUT2D eigenvalue weighted by atomic mass is 9.99. The van der Waals surface area contributed by atoms with Crippen LogP contribution < -0.4 is 5.32 Å². The van der Waals surface area contributed by atoms with Gasteiger partial charge in [0.2, 0.25) is 5.95 Å². The van der Waals surface area contributed by atoms with E-state index in [1.54, 1.807) is 22.3 Å². The third-order valence-electron chi connectivity index (χ3n) is 4.24. The first-order valence-electron chi connectivity index (χ1n) is 8.24. The van der Waals surface area contributed by atoms with Gasteiger partial charge in [-0.1, -0.05) is 28.1 Å². The van der Waals surface area contributed by atoms with E-state index in [1.165, 1.54) is 23.3 Å². The predicted molar refractivity (Wildman–Crippen MR) is 102 cm³/mol. The molecule has 25 heavy (non-hydrogen) atoms. The summed E-state index contributed by atoms with van der Waals surface area (Å²) in [6.07, 6.45) is 6.24. The molecule has 0 aliphatic heterocycles. The highest BCUT2D eigenvalue weighted by Gasteiger charge is 2.18. The number of aryl methyl sites for hydroxylation is 2. The van der Waals surface area contributed by atoms with Gasteiger partial charge in [0.15, 0.2) is 0 Å². The van der Waals surface area contributed by atoms with Crippen LogP contribution in [0.2, 0.25) is 0 Å². The molecule has 2 aromatic heterocycles. The van der Waals surface area contributed by atoms with Crippen molar-refractivity contribution in [3.63, 3.8) is 0 Å². The van der Waals surface area contributed by atoms with Crippen LogP contribution in [0.5, 0.6) is 0 Å². The molecule has 0 saturated heterocycles. The largest absolute Gasteiger partial charge is 0.288 e. The maximum atomic E-state index is 12.4. The SMILES string of the molecule is O=C(Nc1ncn(Cc2ccc(Br)cc2)n1)c1cc2c(s1)CCCC2. The highest BCUT2D eigenvalue weighted by Crippen LogP contribution is 2.29. The van der Waals surface area contributed by atoms with Gasteiger partial charge < -0.3 is 0 Å². The number of thiophene rings is 1. The Kier molecular flexibility index (Phi) is 4.67. The molecular weight excluding hydrogens is 400 g/mol. The summed E-state index contributed by atoms with van der Waals surface area (Å²) in [6, 6.07) is 10.1. The Morgan fingerprint density at radius 3 is 2.84 bits per heavy atom. The van der Waals surface area contributed by atoms with E-state index in [9.17, 15) is 4.79 Å². The average Bonchev–Trinajstić information content (AvgIpc) is 3.23. The van der Waals surface area contributed by atoms with E-state index in [-0.39, 0.29) is 5.91 Å². The molecule has 5 nitrogen and oxygen atoms in total. The first-order chi connectivity index (χ1) is 12.2. The maximum Gasteiger partial charge on any atom is 0.268 e. The second-order valence-corrected chi connectivity index (χ2v) is 8.16. The minimum atomic E-state index is -0.124. The Balaban J connectivity index is 1.42. The van der Waals surface area contributed by atoms with Crippen molar-refractivity contribution in [1.29, 1.82) is 0 Å². The standard InChI is InChI=1S/C18H17BrN4OS/c19-14-7-5-12(6-8-14)10-23-11-20-18(22-23)21-17(24)16-9-13-3-1-2-4-15(13)25-16/h5-9,11H,1-4,10H2,(H,21,22,24). The molecule has 2 heterocycles. The van der Waals surface area contributed by atoms with Crippen molar-refractivity contribution in [1.82, 2.24) is 14.8 Å². The number of anilines is 1. The molecule has 128 valence electrons. The topological polar surface area (TPSA) is 59.8 Å². The van der Waals surface area contributed by atoms with Crippen molar-refractivity contribution >= 4 is 39.1 Å². The van der Waals surface area contributed by atoms with Crippen molar-refractivity contribution in [3.8, 4) is 0 Å². The van der Waals surface area contributed by atoms with Gasteiger partial charge in [0.1, 0.15) is 6.33 Å². The van der Waals surface area contributed by atoms with Crippen LogP contribution in [0.15, 0.2) is 41.1 Å². The summed E-state index contributed by atoms with van der Waals surface area (Å²) < 4.78 is 2.76. The van der Waals surface area contributed by atoms with E-state index in [0.29, 0.717) is 12.5 Å². The zero-order valence-corrected chi connectivity index (χ0v) is 15.9. The number of halogens is 1. The summed E-state index contributed by atoms with van der Waals surface area (Å²) in [5.74, 6) is 0.217. The van der Waals surface area contributed by atoms with Crippen LogP contribution in [0.25, 0.3) is 0 Å². The van der Waals surface area contributed by atoms with Crippen LogP contribution in [-0.2, 0) is 19.4 Å². The number of benzene rings is 1. The van der Waals surface area contributed by atoms with Crippen LogP contribution in [0.4, 0.5) is 5.95 Å². The number of hydrogen-bond acceptors (Lipinski definition) is 4. The number of carbonyl (C=O) groups is 1. The number of nitrogens with zero attached hydrogens (tertiary/aromatic N) is 3. The smallest absolute Gasteiger partial charge is 0.268 e. The van der Waals surface area contributed by atoms with Crippen LogP contribution >= 0.6 is 27.3 Å². The van der Waals surface area contributed by atoms with Gasteiger partial charge in [-0.2, -0.15) is 0 Å². The first kappa shape index (κ1) is 16.5. The van der Waals surface area contributed by atoms with Crippen LogP contribution in [0, 0.1) is 0 Å². The van der Waals surface area contributed by atoms with Crippen molar-refractivity contribution < 1.29 is 4.79 Å². The number of nitrogens with one attached hydrogen (secondary N) is 1. The van der Waals surface area contributed by atoms with Crippen LogP contribution in [0.1, 0.15) is 38.5 Å². The second-order valence-electron chi connectivity index (χ2n) is 6.11. The monoisotopic (exact) mass is 416 g/mol. The van der Waals surface area contributed by atoms with E-state index in [1.807, 2.05) is 30.3 Å². The molecule has 3 aromatic rings. The van der Waals surface area contributed by atoms with E-state index in [2.05, 4.69) is 31.3 Å². The number of amides is 1. The molecule has 0 saturated carbocycles. The van der Waals surface area contributed by atoms with Gasteiger partial charge in [-0.15, -0.1) is 16.4 Å². The zero-order valence-electron chi connectivity index (χ0n) is 13.5. The molecular formula is C18H17BrN4OS. The fraction of sp³-hybridized carbons (Fsp3) is 0.278. The number of carbonyl (C=O) groups excluding carboxylic acids is 1. The molecule has 1 amide bonds. The van der Waals surface area contributed by atoms with Gasteiger partial charge in [-0.3, -0.25) is 10.1 Å². The Morgan fingerprint density at radius 1 is 1.24 bits per heavy atom. The van der Waals surface area contributed by atoms with Crippen LogP contribution in [-0.4, -0.2) is 20.7 Å². The van der Waals surface area contributed by atoms with Gasteiger partial charge in [-0.05, 0) is 55.0 Å². The van der Waals surface area contributed by atoms with Gasteiger partial charge in [0.25, 0.3) is 5.91 Å². The van der Waals surface area contributed by atoms with Gasteiger partial charge >= 0.3 is 0 Å². The van der Waals surface area contributed by atoms with E-state index in [0.717, 1.165) is 27.8 Å². The molecule has 1 aliphatic rings. The lowest BCUT2D eigenvalue weighted by molar-refractivity contribution is 0.102. The molecule has 0 spiro atoms. The molecule has 1 aliphatic carbocycles. The third kappa shape index (κ3) is 3.82. The lowest BCUT2D eigenvalue weighted by Gasteiger charge is -2.08. The van der Waals surface area contributed by atoms with Crippen molar-refractivity contribution in [2.75, 3.05) is 5.32 Å². The van der Waals surface area contributed by atoms with Gasteiger partial charge in [-0.25, -0.2) is 9.67 Å². The zero-order chi connectivity index (χ0) is 17.2.